The lowest BCUT2D eigenvalue weighted by Crippen LogP contribution is -2.39. The number of nitrogens with zero attached hydrogens (tertiary/aromatic N) is 2. The van der Waals surface area contributed by atoms with Crippen LogP contribution in [0.25, 0.3) is 0 Å². The number of amides is 2. The summed E-state index contributed by atoms with van der Waals surface area (Å²) in [6.45, 7) is 2.29. The molecule has 3 nitrogen and oxygen atoms in total. The molecule has 0 fully saturated rings. The van der Waals surface area contributed by atoms with Crippen molar-refractivity contribution in [1.29, 1.82) is 0 Å². The van der Waals surface area contributed by atoms with Gasteiger partial charge in [0.25, 0.3) is 0 Å². The van der Waals surface area contributed by atoms with Crippen molar-refractivity contribution < 1.29 is 9.28 Å². The molecule has 74 valence electrons. The third-order valence-electron chi connectivity index (χ3n) is 2.03. The van der Waals surface area contributed by atoms with E-state index in [9.17, 15) is 9.28 Å². The highest BCUT2D eigenvalue weighted by atomic mass is 32.2. The number of hydrogen-bond donors (Lipinski definition) is 0. The number of benzene rings is 1. The van der Waals surface area contributed by atoms with E-state index in [0.717, 1.165) is 22.5 Å². The van der Waals surface area contributed by atoms with E-state index in [4.69, 9.17) is 0 Å². The quantitative estimate of drug-likeness (QED) is 0.528. The number of para-hydroxylation sites is 1. The van der Waals surface area contributed by atoms with Crippen molar-refractivity contribution in [1.82, 2.24) is 4.53 Å². The molecule has 14 heavy (non-hydrogen) atoms. The summed E-state index contributed by atoms with van der Waals surface area (Å²) in [6, 6.07) is 6.65. The molecule has 0 unspecified atom stereocenters. The topological polar surface area (TPSA) is 23.6 Å². The van der Waals surface area contributed by atoms with E-state index in [1.54, 1.807) is 6.07 Å². The van der Waals surface area contributed by atoms with Crippen molar-refractivity contribution in [2.45, 2.75) is 11.8 Å². The number of rotatable bonds is 1. The second-order valence-corrected chi connectivity index (χ2v) is 3.77. The molecule has 0 saturated carbocycles. The zero-order valence-corrected chi connectivity index (χ0v) is 8.42. The van der Waals surface area contributed by atoms with Gasteiger partial charge in [-0.2, -0.15) is 0 Å². The van der Waals surface area contributed by atoms with E-state index in [1.165, 1.54) is 4.90 Å². The summed E-state index contributed by atoms with van der Waals surface area (Å²) in [5.74, 6) is 0. The van der Waals surface area contributed by atoms with Gasteiger partial charge in [0.2, 0.25) is 0 Å². The Bertz CT molecular complexity index is 372. The molecule has 1 aliphatic rings. The fraction of sp³-hybridized carbons (Fsp3) is 0.222. The molecule has 0 spiro atoms. The first kappa shape index (κ1) is 9.33. The highest BCUT2D eigenvalue weighted by Crippen LogP contribution is 2.38. The van der Waals surface area contributed by atoms with Crippen LogP contribution in [0.3, 0.4) is 0 Å². The maximum absolute atomic E-state index is 13.1. The zero-order valence-electron chi connectivity index (χ0n) is 7.61. The van der Waals surface area contributed by atoms with Crippen LogP contribution in [0.1, 0.15) is 6.92 Å². The Kier molecular flexibility index (Phi) is 2.33. The average Bonchev–Trinajstić information content (AvgIpc) is 2.20. The zero-order chi connectivity index (χ0) is 10.1. The molecular weight excluding hydrogens is 203 g/mol. The molecular formula is C9H9FN2OS. The van der Waals surface area contributed by atoms with Crippen LogP contribution >= 0.6 is 11.9 Å². The molecule has 0 atom stereocenters. The minimum atomic E-state index is -0.615. The van der Waals surface area contributed by atoms with E-state index >= 15 is 0 Å². The minimum absolute atomic E-state index is 0.159. The fourth-order valence-electron chi connectivity index (χ4n) is 1.39. The lowest BCUT2D eigenvalue weighted by molar-refractivity contribution is 0.161. The maximum atomic E-state index is 13.1. The number of anilines is 1. The van der Waals surface area contributed by atoms with Gasteiger partial charge in [0, 0.05) is 18.5 Å². The van der Waals surface area contributed by atoms with Crippen LogP contribution < -0.4 is 4.90 Å². The molecule has 0 N–H and O–H groups in total. The number of halogens is 1. The summed E-state index contributed by atoms with van der Waals surface area (Å²) >= 11 is 0.815. The highest BCUT2D eigenvalue weighted by Gasteiger charge is 2.30. The van der Waals surface area contributed by atoms with Gasteiger partial charge in [-0.05, 0) is 19.1 Å². The van der Waals surface area contributed by atoms with Crippen molar-refractivity contribution >= 4 is 23.7 Å². The second-order valence-electron chi connectivity index (χ2n) is 2.83. The largest absolute Gasteiger partial charge is 0.363 e. The molecule has 0 bridgehead atoms. The molecule has 1 aliphatic heterocycles. The van der Waals surface area contributed by atoms with Crippen LogP contribution in [0.5, 0.6) is 0 Å². The lowest BCUT2D eigenvalue weighted by atomic mass is 10.3. The normalized spacial score (nSPS) is 15.7. The first-order chi connectivity index (χ1) is 6.74. The van der Waals surface area contributed by atoms with Gasteiger partial charge in [-0.15, -0.1) is 0 Å². The molecule has 0 radical (unpaired) electrons. The van der Waals surface area contributed by atoms with Crippen molar-refractivity contribution in [3.63, 3.8) is 0 Å². The van der Waals surface area contributed by atoms with Crippen molar-refractivity contribution in [2.24, 2.45) is 0 Å². The van der Waals surface area contributed by atoms with Crippen LogP contribution in [-0.4, -0.2) is 17.1 Å². The molecule has 1 heterocycles. The van der Waals surface area contributed by atoms with Gasteiger partial charge in [-0.3, -0.25) is 4.90 Å². The van der Waals surface area contributed by atoms with Gasteiger partial charge >= 0.3 is 6.03 Å². The summed E-state index contributed by atoms with van der Waals surface area (Å²) in [7, 11) is 0. The Morgan fingerprint density at radius 3 is 2.86 bits per heavy atom. The van der Waals surface area contributed by atoms with Crippen LogP contribution in [0.2, 0.25) is 0 Å². The Hall–Kier alpha value is -1.23. The number of urea groups is 1. The fourth-order valence-corrected chi connectivity index (χ4v) is 2.15. The Morgan fingerprint density at radius 2 is 2.14 bits per heavy atom. The van der Waals surface area contributed by atoms with Gasteiger partial charge in [0.1, 0.15) is 0 Å². The van der Waals surface area contributed by atoms with Gasteiger partial charge in [0.15, 0.2) is 0 Å². The van der Waals surface area contributed by atoms with E-state index in [2.05, 4.69) is 0 Å². The van der Waals surface area contributed by atoms with Crippen molar-refractivity contribution in [3.8, 4) is 0 Å². The van der Waals surface area contributed by atoms with E-state index in [-0.39, 0.29) is 4.53 Å². The standard InChI is InChI=1S/C9H9FN2OS/c1-2-11-7-5-3-4-6-8(7)14-12(10)9(11)13/h3-6H,2H2,1H3. The molecule has 2 rings (SSSR count). The molecule has 0 aromatic heterocycles. The molecule has 0 saturated heterocycles. The SMILES string of the molecule is CCN1C(=O)N(F)Sc2ccccc21. The molecule has 1 aromatic rings. The van der Waals surface area contributed by atoms with Gasteiger partial charge in [0.05, 0.1) is 10.6 Å². The second kappa shape index (κ2) is 3.49. The van der Waals surface area contributed by atoms with E-state index < -0.39 is 6.03 Å². The monoisotopic (exact) mass is 212 g/mol. The number of fused-ring (bicyclic) bond motifs is 1. The molecule has 5 heteroatoms. The predicted molar refractivity (Wildman–Crippen MR) is 53.7 cm³/mol. The van der Waals surface area contributed by atoms with Crippen LogP contribution in [-0.2, 0) is 0 Å². The Morgan fingerprint density at radius 1 is 1.43 bits per heavy atom. The van der Waals surface area contributed by atoms with E-state index in [1.807, 2.05) is 25.1 Å². The predicted octanol–water partition coefficient (Wildman–Crippen LogP) is 2.84. The smallest absolute Gasteiger partial charge is 0.291 e. The maximum Gasteiger partial charge on any atom is 0.363 e. The van der Waals surface area contributed by atoms with Crippen LogP contribution in [0.15, 0.2) is 29.2 Å². The van der Waals surface area contributed by atoms with Crippen LogP contribution in [0, 0.1) is 0 Å². The molecule has 1 aromatic carbocycles. The van der Waals surface area contributed by atoms with Gasteiger partial charge in [-0.1, -0.05) is 21.1 Å². The van der Waals surface area contributed by atoms with Crippen molar-refractivity contribution in [2.75, 3.05) is 11.4 Å². The minimum Gasteiger partial charge on any atom is -0.291 e. The first-order valence-corrected chi connectivity index (χ1v) is 5.05. The highest BCUT2D eigenvalue weighted by molar-refractivity contribution is 7.97. The van der Waals surface area contributed by atoms with Gasteiger partial charge in [-0.25, -0.2) is 4.79 Å². The summed E-state index contributed by atoms with van der Waals surface area (Å²) in [5, 5.41) is 0. The van der Waals surface area contributed by atoms with Gasteiger partial charge < -0.3 is 0 Å². The summed E-state index contributed by atoms with van der Waals surface area (Å²) in [6.07, 6.45) is 0. The van der Waals surface area contributed by atoms with Crippen LogP contribution in [0.4, 0.5) is 15.0 Å². The molecule has 0 aliphatic carbocycles. The number of hydrogen-bond acceptors (Lipinski definition) is 2. The third kappa shape index (κ3) is 1.33. The Labute approximate surface area is 85.6 Å². The van der Waals surface area contributed by atoms with E-state index in [0.29, 0.717) is 6.54 Å². The molecule has 2 amide bonds. The number of carbonyl (C=O) groups excluding carboxylic acids is 1. The summed E-state index contributed by atoms with van der Waals surface area (Å²) < 4.78 is 13.3. The first-order valence-electron chi connectivity index (χ1n) is 4.28. The Balaban J connectivity index is 2.47. The summed E-state index contributed by atoms with van der Waals surface area (Å²) in [4.78, 5) is 13.5. The van der Waals surface area contributed by atoms with Crippen molar-refractivity contribution in [3.05, 3.63) is 24.3 Å². The lowest BCUT2D eigenvalue weighted by Gasteiger charge is -2.29. The average molecular weight is 212 g/mol. The number of carbonyl (C=O) groups is 1. The summed E-state index contributed by atoms with van der Waals surface area (Å²) in [5.41, 5.74) is 0.777. The third-order valence-corrected chi connectivity index (χ3v) is 2.89.